The lowest BCUT2D eigenvalue weighted by Gasteiger charge is -2.00. The van der Waals surface area contributed by atoms with E-state index >= 15 is 0 Å². The average molecular weight is 233 g/mol. The summed E-state index contributed by atoms with van der Waals surface area (Å²) in [4.78, 5) is 21.4. The van der Waals surface area contributed by atoms with Crippen LogP contribution < -0.4 is 4.74 Å². The highest BCUT2D eigenvalue weighted by Crippen LogP contribution is 2.15. The van der Waals surface area contributed by atoms with Crippen molar-refractivity contribution in [2.75, 3.05) is 0 Å². The maximum Gasteiger partial charge on any atom is 0.345 e. The maximum atomic E-state index is 11.5. The Labute approximate surface area is 95.6 Å². The Balaban J connectivity index is 2.12. The monoisotopic (exact) mass is 233 g/mol. The van der Waals surface area contributed by atoms with Gasteiger partial charge in [0.15, 0.2) is 0 Å². The van der Waals surface area contributed by atoms with E-state index < -0.39 is 10.9 Å². The van der Waals surface area contributed by atoms with Gasteiger partial charge >= 0.3 is 5.97 Å². The van der Waals surface area contributed by atoms with Gasteiger partial charge in [0.2, 0.25) is 0 Å². The molecule has 0 aliphatic carbocycles. The lowest BCUT2D eigenvalue weighted by Crippen LogP contribution is -2.07. The van der Waals surface area contributed by atoms with Crippen LogP contribution in [0.3, 0.4) is 0 Å². The minimum Gasteiger partial charge on any atom is -0.434 e. The molecule has 1 aromatic carbocycles. The van der Waals surface area contributed by atoms with Crippen LogP contribution in [0.1, 0.15) is 10.4 Å². The van der Waals surface area contributed by atoms with Crippen molar-refractivity contribution >= 4 is 11.7 Å². The number of hydrogen-bond donors (Lipinski definition) is 0. The first-order valence-corrected chi connectivity index (χ1v) is 4.67. The molecule has 0 saturated heterocycles. The molecule has 1 heterocycles. The Morgan fingerprint density at radius 2 is 1.94 bits per heavy atom. The summed E-state index contributed by atoms with van der Waals surface area (Å²) in [5, 5.41) is 10.4. The van der Waals surface area contributed by atoms with E-state index in [4.69, 9.17) is 9.15 Å². The summed E-state index contributed by atoms with van der Waals surface area (Å²) in [6.07, 6.45) is 1.37. The van der Waals surface area contributed by atoms with Crippen molar-refractivity contribution in [3.05, 3.63) is 58.3 Å². The number of carbonyl (C=O) groups is 1. The summed E-state index contributed by atoms with van der Waals surface area (Å²) in [5.41, 5.74) is 0.131. The summed E-state index contributed by atoms with van der Waals surface area (Å²) in [6, 6.07) is 8.19. The van der Waals surface area contributed by atoms with Gasteiger partial charge in [-0.2, -0.15) is 0 Å². The summed E-state index contributed by atoms with van der Waals surface area (Å²) in [5.74, 6) is -0.553. The zero-order valence-electron chi connectivity index (χ0n) is 8.53. The third-order valence-electron chi connectivity index (χ3n) is 2.00. The van der Waals surface area contributed by atoms with E-state index in [1.54, 1.807) is 6.07 Å². The van der Waals surface area contributed by atoms with Crippen molar-refractivity contribution in [2.24, 2.45) is 0 Å². The largest absolute Gasteiger partial charge is 0.434 e. The highest BCUT2D eigenvalue weighted by Gasteiger charge is 2.12. The van der Waals surface area contributed by atoms with Crippen molar-refractivity contribution in [1.82, 2.24) is 0 Å². The van der Waals surface area contributed by atoms with Gasteiger partial charge in [-0.3, -0.25) is 10.1 Å². The minimum absolute atomic E-state index is 0.0772. The van der Waals surface area contributed by atoms with E-state index in [0.29, 0.717) is 0 Å². The van der Waals surface area contributed by atoms with Crippen LogP contribution in [-0.2, 0) is 0 Å². The molecule has 2 aromatic rings. The molecule has 6 heteroatoms. The molecule has 1 aromatic heterocycles. The average Bonchev–Trinajstić information content (AvgIpc) is 2.82. The smallest absolute Gasteiger partial charge is 0.345 e. The molecule has 0 unspecified atom stereocenters. The van der Waals surface area contributed by atoms with Crippen LogP contribution in [-0.4, -0.2) is 10.9 Å². The van der Waals surface area contributed by atoms with E-state index in [1.165, 1.54) is 36.6 Å². The van der Waals surface area contributed by atoms with Gasteiger partial charge in [0.05, 0.1) is 16.7 Å². The van der Waals surface area contributed by atoms with E-state index in [0.717, 1.165) is 0 Å². The number of hydrogen-bond acceptors (Lipinski definition) is 5. The normalized spacial score (nSPS) is 9.88. The zero-order valence-corrected chi connectivity index (χ0v) is 8.53. The second kappa shape index (κ2) is 4.48. The topological polar surface area (TPSA) is 82.6 Å². The van der Waals surface area contributed by atoms with Crippen molar-refractivity contribution in [1.29, 1.82) is 0 Å². The molecular formula is C11H7NO5. The number of esters is 1. The Morgan fingerprint density at radius 1 is 1.24 bits per heavy atom. The Hall–Kier alpha value is -2.63. The fourth-order valence-electron chi connectivity index (χ4n) is 1.19. The molecule has 0 fully saturated rings. The highest BCUT2D eigenvalue weighted by molar-refractivity contribution is 5.90. The molecule has 0 radical (unpaired) electrons. The van der Waals surface area contributed by atoms with E-state index in [-0.39, 0.29) is 17.2 Å². The molecule has 0 spiro atoms. The minimum atomic E-state index is -0.630. The highest BCUT2D eigenvalue weighted by atomic mass is 16.6. The molecule has 0 atom stereocenters. The number of non-ortho nitro benzene ring substituents is 1. The Kier molecular flexibility index (Phi) is 2.87. The van der Waals surface area contributed by atoms with Gasteiger partial charge in [-0.25, -0.2) is 4.79 Å². The maximum absolute atomic E-state index is 11.5. The van der Waals surface area contributed by atoms with Crippen LogP contribution in [0.4, 0.5) is 5.69 Å². The first-order valence-electron chi connectivity index (χ1n) is 4.67. The van der Waals surface area contributed by atoms with Gasteiger partial charge in [-0.15, -0.1) is 0 Å². The molecule has 2 rings (SSSR count). The Morgan fingerprint density at radius 3 is 2.47 bits per heavy atom. The van der Waals surface area contributed by atoms with Gasteiger partial charge in [0, 0.05) is 18.2 Å². The first-order chi connectivity index (χ1) is 8.16. The number of rotatable bonds is 3. The second-order valence-corrected chi connectivity index (χ2v) is 3.13. The summed E-state index contributed by atoms with van der Waals surface area (Å²) in [6.45, 7) is 0. The molecular weight excluding hydrogens is 226 g/mol. The summed E-state index contributed by atoms with van der Waals surface area (Å²) in [7, 11) is 0. The second-order valence-electron chi connectivity index (χ2n) is 3.13. The predicted octanol–water partition coefficient (Wildman–Crippen LogP) is 2.41. The predicted molar refractivity (Wildman–Crippen MR) is 56.8 cm³/mol. The fourth-order valence-corrected chi connectivity index (χ4v) is 1.19. The lowest BCUT2D eigenvalue weighted by molar-refractivity contribution is -0.384. The zero-order chi connectivity index (χ0) is 12.3. The van der Waals surface area contributed by atoms with Gasteiger partial charge in [0.25, 0.3) is 11.6 Å². The van der Waals surface area contributed by atoms with Crippen molar-refractivity contribution in [2.45, 2.75) is 0 Å². The van der Waals surface area contributed by atoms with Gasteiger partial charge in [-0.1, -0.05) is 0 Å². The van der Waals surface area contributed by atoms with Gasteiger partial charge < -0.3 is 9.15 Å². The molecule has 0 bridgehead atoms. The fraction of sp³-hybridized carbons (Fsp3) is 0. The van der Waals surface area contributed by atoms with Crippen LogP contribution >= 0.6 is 0 Å². The molecule has 17 heavy (non-hydrogen) atoms. The van der Waals surface area contributed by atoms with Crippen LogP contribution in [0, 0.1) is 10.1 Å². The number of ether oxygens (including phenoxy) is 1. The first kappa shape index (κ1) is 10.9. The number of nitro benzene ring substituents is 1. The standard InChI is InChI=1S/C11H7NO5/c13-11(17-10-2-1-7-16-10)8-3-5-9(6-4-8)12(14)15/h1-7H. The summed E-state index contributed by atoms with van der Waals surface area (Å²) < 4.78 is 9.70. The molecule has 0 amide bonds. The number of nitrogens with zero attached hydrogens (tertiary/aromatic N) is 1. The Bertz CT molecular complexity index is 529. The number of carbonyl (C=O) groups excluding carboxylic acids is 1. The molecule has 0 N–H and O–H groups in total. The van der Waals surface area contributed by atoms with E-state index in [2.05, 4.69) is 0 Å². The van der Waals surface area contributed by atoms with Crippen LogP contribution in [0.25, 0.3) is 0 Å². The number of nitro groups is 1. The number of furan rings is 1. The van der Waals surface area contributed by atoms with Crippen molar-refractivity contribution in [3.63, 3.8) is 0 Å². The SMILES string of the molecule is O=C(Oc1ccco1)c1ccc([N+](=O)[O-])cc1. The van der Waals surface area contributed by atoms with Gasteiger partial charge in [0.1, 0.15) is 0 Å². The molecule has 0 aliphatic rings. The van der Waals surface area contributed by atoms with Crippen molar-refractivity contribution in [3.8, 4) is 5.95 Å². The van der Waals surface area contributed by atoms with E-state index in [1.807, 2.05) is 0 Å². The lowest BCUT2D eigenvalue weighted by atomic mass is 10.2. The summed E-state index contributed by atoms with van der Waals surface area (Å²) >= 11 is 0. The third-order valence-corrected chi connectivity index (χ3v) is 2.00. The van der Waals surface area contributed by atoms with Crippen LogP contribution in [0.2, 0.25) is 0 Å². The molecule has 0 saturated carbocycles. The molecule has 86 valence electrons. The number of benzene rings is 1. The van der Waals surface area contributed by atoms with Crippen molar-refractivity contribution < 1.29 is 18.9 Å². The van der Waals surface area contributed by atoms with Crippen LogP contribution in [0.15, 0.2) is 47.1 Å². The van der Waals surface area contributed by atoms with Crippen LogP contribution in [0.5, 0.6) is 5.95 Å². The molecule has 6 nitrogen and oxygen atoms in total. The molecule has 0 aliphatic heterocycles. The quantitative estimate of drug-likeness (QED) is 0.461. The third kappa shape index (κ3) is 2.49. The van der Waals surface area contributed by atoms with Gasteiger partial charge in [-0.05, 0) is 18.2 Å². The van der Waals surface area contributed by atoms with E-state index in [9.17, 15) is 14.9 Å².